The average molecular weight is 348 g/mol. The molecular weight excluding hydrogens is 345 g/mol. The van der Waals surface area contributed by atoms with E-state index < -0.39 is 27.7 Å². The molecule has 1 rings (SSSR count). The van der Waals surface area contributed by atoms with Gasteiger partial charge in [-0.15, -0.1) is 0 Å². The lowest BCUT2D eigenvalue weighted by molar-refractivity contribution is -0.138. The molecule has 0 fully saturated rings. The van der Waals surface area contributed by atoms with Crippen LogP contribution in [0.15, 0.2) is 21.1 Å². The van der Waals surface area contributed by atoms with Crippen LogP contribution in [0.5, 0.6) is 0 Å². The number of alkyl halides is 3. The highest BCUT2D eigenvalue weighted by atomic mass is 79.9. The first-order valence-electron chi connectivity index (χ1n) is 3.53. The Morgan fingerprint density at radius 3 is 2.20 bits per heavy atom. The topological polar surface area (TPSA) is 37.3 Å². The Hall–Kier alpha value is -0.560. The first-order valence-corrected chi connectivity index (χ1v) is 5.11. The third-order valence-electron chi connectivity index (χ3n) is 1.57. The van der Waals surface area contributed by atoms with Gasteiger partial charge in [0.15, 0.2) is 0 Å². The second kappa shape index (κ2) is 4.13. The van der Waals surface area contributed by atoms with Gasteiger partial charge in [-0.3, -0.25) is 0 Å². The van der Waals surface area contributed by atoms with Crippen molar-refractivity contribution in [2.75, 3.05) is 0 Å². The van der Waals surface area contributed by atoms with E-state index in [1.807, 2.05) is 0 Å². The molecule has 0 amide bonds. The van der Waals surface area contributed by atoms with Gasteiger partial charge in [0.25, 0.3) is 0 Å². The first-order chi connectivity index (χ1) is 6.73. The summed E-state index contributed by atoms with van der Waals surface area (Å²) in [5.74, 6) is -1.42. The minimum absolute atomic E-state index is 0.0652. The van der Waals surface area contributed by atoms with Gasteiger partial charge in [0.2, 0.25) is 0 Å². The van der Waals surface area contributed by atoms with Gasteiger partial charge in [0.05, 0.1) is 11.1 Å². The van der Waals surface area contributed by atoms with Crippen molar-refractivity contribution in [1.82, 2.24) is 0 Å². The number of carboxylic acids is 1. The number of hydrogen-bond acceptors (Lipinski definition) is 1. The van der Waals surface area contributed by atoms with Crippen LogP contribution in [0.25, 0.3) is 0 Å². The van der Waals surface area contributed by atoms with Gasteiger partial charge in [0, 0.05) is 8.95 Å². The van der Waals surface area contributed by atoms with Crippen molar-refractivity contribution in [3.05, 3.63) is 32.2 Å². The predicted molar refractivity (Wildman–Crippen MR) is 53.8 cm³/mol. The van der Waals surface area contributed by atoms with Gasteiger partial charge in [-0.1, -0.05) is 15.9 Å². The van der Waals surface area contributed by atoms with Crippen molar-refractivity contribution in [3.63, 3.8) is 0 Å². The van der Waals surface area contributed by atoms with Crippen LogP contribution in [0.4, 0.5) is 13.2 Å². The molecule has 1 N–H and O–H groups in total. The van der Waals surface area contributed by atoms with Crippen molar-refractivity contribution >= 4 is 37.8 Å². The summed E-state index contributed by atoms with van der Waals surface area (Å²) >= 11 is 5.45. The number of benzene rings is 1. The highest BCUT2D eigenvalue weighted by Crippen LogP contribution is 2.38. The van der Waals surface area contributed by atoms with E-state index >= 15 is 0 Å². The molecule has 2 nitrogen and oxygen atoms in total. The van der Waals surface area contributed by atoms with Crippen LogP contribution in [0, 0.1) is 0 Å². The smallest absolute Gasteiger partial charge is 0.417 e. The minimum atomic E-state index is -4.59. The molecule has 0 radical (unpaired) electrons. The standard InChI is InChI=1S/C8H3Br2F3O2/c9-3-1-4(7(14)15)6(10)5(2-3)8(11,12)13/h1-2H,(H,14,15). The Morgan fingerprint density at radius 1 is 1.27 bits per heavy atom. The fourth-order valence-electron chi connectivity index (χ4n) is 0.951. The van der Waals surface area contributed by atoms with Crippen LogP contribution < -0.4 is 0 Å². The Kier molecular flexibility index (Phi) is 3.44. The van der Waals surface area contributed by atoms with Crippen LogP contribution in [0.3, 0.4) is 0 Å². The summed E-state index contributed by atoms with van der Waals surface area (Å²) in [6, 6.07) is 1.91. The SMILES string of the molecule is O=C(O)c1cc(Br)cc(C(F)(F)F)c1Br. The summed E-state index contributed by atoms with van der Waals surface area (Å²) in [4.78, 5) is 10.6. The molecule has 0 saturated heterocycles. The van der Waals surface area contributed by atoms with Crippen LogP contribution in [-0.2, 0) is 6.18 Å². The molecule has 0 aliphatic heterocycles. The molecule has 7 heteroatoms. The van der Waals surface area contributed by atoms with Crippen molar-refractivity contribution in [1.29, 1.82) is 0 Å². The summed E-state index contributed by atoms with van der Waals surface area (Å²) in [5, 5.41) is 8.66. The summed E-state index contributed by atoms with van der Waals surface area (Å²) in [5.41, 5.74) is -1.45. The Bertz CT molecular complexity index is 415. The van der Waals surface area contributed by atoms with Crippen molar-refractivity contribution in [2.24, 2.45) is 0 Å². The Morgan fingerprint density at radius 2 is 1.80 bits per heavy atom. The number of hydrogen-bond donors (Lipinski definition) is 1. The van der Waals surface area contributed by atoms with Crippen molar-refractivity contribution < 1.29 is 23.1 Å². The van der Waals surface area contributed by atoms with Crippen molar-refractivity contribution in [2.45, 2.75) is 6.18 Å². The number of rotatable bonds is 1. The van der Waals surface area contributed by atoms with Gasteiger partial charge >= 0.3 is 12.1 Å². The zero-order chi connectivity index (χ0) is 11.8. The fraction of sp³-hybridized carbons (Fsp3) is 0.125. The molecule has 0 spiro atoms. The monoisotopic (exact) mass is 346 g/mol. The largest absolute Gasteiger partial charge is 0.478 e. The van der Waals surface area contributed by atoms with Crippen LogP contribution >= 0.6 is 31.9 Å². The molecule has 0 unspecified atom stereocenters. The van der Waals surface area contributed by atoms with Gasteiger partial charge in [0.1, 0.15) is 0 Å². The highest BCUT2D eigenvalue weighted by molar-refractivity contribution is 9.11. The van der Waals surface area contributed by atoms with E-state index in [4.69, 9.17) is 5.11 Å². The number of carboxylic acid groups (broad SMARTS) is 1. The number of aromatic carboxylic acids is 1. The Labute approximate surface area is 99.3 Å². The van der Waals surface area contributed by atoms with Gasteiger partial charge in [-0.2, -0.15) is 13.2 Å². The maximum atomic E-state index is 12.4. The zero-order valence-electron chi connectivity index (χ0n) is 6.90. The van der Waals surface area contributed by atoms with E-state index in [0.29, 0.717) is 0 Å². The number of halogens is 5. The molecule has 0 heterocycles. The van der Waals surface area contributed by atoms with Gasteiger partial charge in [-0.25, -0.2) is 4.79 Å². The molecule has 82 valence electrons. The molecule has 0 atom stereocenters. The molecule has 1 aromatic carbocycles. The van der Waals surface area contributed by atoms with Gasteiger partial charge in [-0.05, 0) is 28.1 Å². The number of carbonyl (C=O) groups is 1. The molecule has 0 bridgehead atoms. The van der Waals surface area contributed by atoms with E-state index in [2.05, 4.69) is 31.9 Å². The first kappa shape index (κ1) is 12.5. The maximum Gasteiger partial charge on any atom is 0.417 e. The predicted octanol–water partition coefficient (Wildman–Crippen LogP) is 3.93. The molecular formula is C8H3Br2F3O2. The molecule has 0 aliphatic carbocycles. The van der Waals surface area contributed by atoms with Crippen molar-refractivity contribution in [3.8, 4) is 0 Å². The third kappa shape index (κ3) is 2.72. The third-order valence-corrected chi connectivity index (χ3v) is 2.89. The lowest BCUT2D eigenvalue weighted by Crippen LogP contribution is -2.09. The highest BCUT2D eigenvalue weighted by Gasteiger charge is 2.35. The van der Waals surface area contributed by atoms with Crippen LogP contribution in [0.1, 0.15) is 15.9 Å². The Balaban J connectivity index is 3.49. The molecule has 15 heavy (non-hydrogen) atoms. The summed E-state index contributed by atoms with van der Waals surface area (Å²) < 4.78 is 36.9. The van der Waals surface area contributed by atoms with Crippen LogP contribution in [0.2, 0.25) is 0 Å². The lowest BCUT2D eigenvalue weighted by atomic mass is 10.1. The second-order valence-electron chi connectivity index (χ2n) is 2.62. The summed E-state index contributed by atoms with van der Waals surface area (Å²) in [6.07, 6.45) is -4.59. The molecule has 1 aromatic rings. The molecule has 0 aromatic heterocycles. The zero-order valence-corrected chi connectivity index (χ0v) is 10.1. The van der Waals surface area contributed by atoms with E-state index in [1.54, 1.807) is 0 Å². The lowest BCUT2D eigenvalue weighted by Gasteiger charge is -2.11. The fourth-order valence-corrected chi connectivity index (χ4v) is 2.03. The van der Waals surface area contributed by atoms with E-state index in [-0.39, 0.29) is 4.47 Å². The summed E-state index contributed by atoms with van der Waals surface area (Å²) in [7, 11) is 0. The average Bonchev–Trinajstić information content (AvgIpc) is 2.06. The normalized spacial score (nSPS) is 11.5. The molecule has 0 saturated carbocycles. The van der Waals surface area contributed by atoms with E-state index in [0.717, 1.165) is 12.1 Å². The molecule has 0 aliphatic rings. The van der Waals surface area contributed by atoms with Gasteiger partial charge < -0.3 is 5.11 Å². The quantitative estimate of drug-likeness (QED) is 0.835. The maximum absolute atomic E-state index is 12.4. The van der Waals surface area contributed by atoms with E-state index in [1.165, 1.54) is 0 Å². The summed E-state index contributed by atoms with van der Waals surface area (Å²) in [6.45, 7) is 0. The minimum Gasteiger partial charge on any atom is -0.478 e. The second-order valence-corrected chi connectivity index (χ2v) is 4.33. The van der Waals surface area contributed by atoms with Crippen LogP contribution in [-0.4, -0.2) is 11.1 Å². The van der Waals surface area contributed by atoms with E-state index in [9.17, 15) is 18.0 Å².